The highest BCUT2D eigenvalue weighted by molar-refractivity contribution is 7.99. The molecule has 0 aliphatic carbocycles. The minimum atomic E-state index is 0.477. The molecule has 0 bridgehead atoms. The fourth-order valence-corrected chi connectivity index (χ4v) is 3.47. The molecule has 94 valence electrons. The molecule has 1 atom stereocenters. The van der Waals surface area contributed by atoms with Gasteiger partial charge in [-0.25, -0.2) is 0 Å². The Morgan fingerprint density at radius 2 is 1.88 bits per heavy atom. The van der Waals surface area contributed by atoms with Crippen LogP contribution in [0.2, 0.25) is 0 Å². The first kappa shape index (κ1) is 13.0. The van der Waals surface area contributed by atoms with Crippen molar-refractivity contribution in [2.45, 2.75) is 32.7 Å². The number of hydrogen-bond donors (Lipinski definition) is 1. The van der Waals surface area contributed by atoms with Gasteiger partial charge in [0.15, 0.2) is 0 Å². The molecule has 1 nitrogen and oxygen atoms in total. The minimum Gasteiger partial charge on any atom is -0.310 e. The van der Waals surface area contributed by atoms with E-state index in [1.807, 2.05) is 0 Å². The fourth-order valence-electron chi connectivity index (χ4n) is 2.27. The molecule has 1 aromatic carbocycles. The molecule has 17 heavy (non-hydrogen) atoms. The van der Waals surface area contributed by atoms with Gasteiger partial charge in [0, 0.05) is 6.04 Å². The Bertz CT molecular complexity index is 327. The molecule has 0 saturated carbocycles. The van der Waals surface area contributed by atoms with Gasteiger partial charge in [0.1, 0.15) is 0 Å². The minimum absolute atomic E-state index is 0.477. The predicted molar refractivity (Wildman–Crippen MR) is 77.6 cm³/mol. The molecule has 1 heterocycles. The van der Waals surface area contributed by atoms with Gasteiger partial charge in [-0.05, 0) is 56.2 Å². The van der Waals surface area contributed by atoms with Crippen molar-refractivity contribution in [1.29, 1.82) is 0 Å². The van der Waals surface area contributed by atoms with E-state index in [1.165, 1.54) is 42.0 Å². The molecule has 1 aromatic rings. The van der Waals surface area contributed by atoms with Crippen LogP contribution in [0.5, 0.6) is 0 Å². The maximum absolute atomic E-state index is 3.68. The van der Waals surface area contributed by atoms with Crippen LogP contribution in [0.3, 0.4) is 0 Å². The van der Waals surface area contributed by atoms with Crippen LogP contribution in [0.15, 0.2) is 24.3 Å². The lowest BCUT2D eigenvalue weighted by Gasteiger charge is -2.24. The Balaban J connectivity index is 1.80. The molecule has 0 spiro atoms. The van der Waals surface area contributed by atoms with Gasteiger partial charge < -0.3 is 5.32 Å². The Morgan fingerprint density at radius 3 is 2.53 bits per heavy atom. The van der Waals surface area contributed by atoms with Gasteiger partial charge in [0.05, 0.1) is 0 Å². The summed E-state index contributed by atoms with van der Waals surface area (Å²) in [7, 11) is 0. The summed E-state index contributed by atoms with van der Waals surface area (Å²) in [5.41, 5.74) is 2.74. The van der Waals surface area contributed by atoms with E-state index in [0.29, 0.717) is 6.04 Å². The van der Waals surface area contributed by atoms with Crippen molar-refractivity contribution in [1.82, 2.24) is 5.32 Å². The molecule has 1 unspecified atom stereocenters. The van der Waals surface area contributed by atoms with Crippen LogP contribution in [0.25, 0.3) is 0 Å². The molecule has 2 heteroatoms. The smallest absolute Gasteiger partial charge is 0.0291 e. The van der Waals surface area contributed by atoms with Gasteiger partial charge >= 0.3 is 0 Å². The molecule has 1 fully saturated rings. The lowest BCUT2D eigenvalue weighted by molar-refractivity contribution is 0.421. The van der Waals surface area contributed by atoms with Crippen molar-refractivity contribution in [2.75, 3.05) is 18.1 Å². The molecule has 1 N–H and O–H groups in total. The van der Waals surface area contributed by atoms with E-state index in [2.05, 4.69) is 55.2 Å². The summed E-state index contributed by atoms with van der Waals surface area (Å²) in [6, 6.07) is 9.35. The average molecular weight is 249 g/mol. The molecular weight excluding hydrogens is 226 g/mol. The van der Waals surface area contributed by atoms with Crippen molar-refractivity contribution in [3.63, 3.8) is 0 Å². The summed E-state index contributed by atoms with van der Waals surface area (Å²) < 4.78 is 0. The molecule has 1 saturated heterocycles. The van der Waals surface area contributed by atoms with Gasteiger partial charge in [0.2, 0.25) is 0 Å². The first-order chi connectivity index (χ1) is 8.25. The van der Waals surface area contributed by atoms with Crippen LogP contribution in [-0.2, 0) is 0 Å². The normalized spacial score (nSPS) is 19.2. The van der Waals surface area contributed by atoms with E-state index >= 15 is 0 Å². The number of nitrogens with one attached hydrogen (secondary N) is 1. The molecule has 1 aliphatic heterocycles. The molecule has 0 amide bonds. The number of rotatable bonds is 4. The zero-order chi connectivity index (χ0) is 12.1. The van der Waals surface area contributed by atoms with E-state index < -0.39 is 0 Å². The number of hydrogen-bond acceptors (Lipinski definition) is 2. The molecular formula is C15H23NS. The maximum Gasteiger partial charge on any atom is 0.0291 e. The average Bonchev–Trinajstić information content (AvgIpc) is 2.38. The molecule has 2 rings (SSSR count). The van der Waals surface area contributed by atoms with Gasteiger partial charge in [-0.2, -0.15) is 11.8 Å². The third-order valence-electron chi connectivity index (χ3n) is 3.63. The SMILES string of the molecule is Cc1ccc(C(C)NCC2CCSCC2)cc1. The number of thioether (sulfide) groups is 1. The quantitative estimate of drug-likeness (QED) is 0.871. The van der Waals surface area contributed by atoms with Crippen molar-refractivity contribution >= 4 is 11.8 Å². The zero-order valence-electron chi connectivity index (χ0n) is 10.9. The van der Waals surface area contributed by atoms with Crippen molar-refractivity contribution in [3.8, 4) is 0 Å². The molecule has 1 aliphatic rings. The van der Waals surface area contributed by atoms with Gasteiger partial charge in [-0.3, -0.25) is 0 Å². The largest absolute Gasteiger partial charge is 0.310 e. The second-order valence-corrected chi connectivity index (χ2v) is 6.32. The topological polar surface area (TPSA) is 12.0 Å². The Morgan fingerprint density at radius 1 is 1.24 bits per heavy atom. The summed E-state index contributed by atoms with van der Waals surface area (Å²) in [6.07, 6.45) is 2.77. The Labute approximate surface area is 109 Å². The highest BCUT2D eigenvalue weighted by Crippen LogP contribution is 2.23. The second-order valence-electron chi connectivity index (χ2n) is 5.10. The predicted octanol–water partition coefficient (Wildman–Crippen LogP) is 3.79. The summed E-state index contributed by atoms with van der Waals surface area (Å²) in [5, 5.41) is 3.68. The van der Waals surface area contributed by atoms with Crippen molar-refractivity contribution in [3.05, 3.63) is 35.4 Å². The van der Waals surface area contributed by atoms with Gasteiger partial charge in [0.25, 0.3) is 0 Å². The molecule has 0 aromatic heterocycles. The summed E-state index contributed by atoms with van der Waals surface area (Å²) in [6.45, 7) is 5.58. The van der Waals surface area contributed by atoms with Crippen LogP contribution in [0.4, 0.5) is 0 Å². The zero-order valence-corrected chi connectivity index (χ0v) is 11.7. The fraction of sp³-hybridized carbons (Fsp3) is 0.600. The highest BCUT2D eigenvalue weighted by atomic mass is 32.2. The van der Waals surface area contributed by atoms with Crippen LogP contribution in [0.1, 0.15) is 36.9 Å². The van der Waals surface area contributed by atoms with Gasteiger partial charge in [-0.1, -0.05) is 29.8 Å². The van der Waals surface area contributed by atoms with Crippen LogP contribution >= 0.6 is 11.8 Å². The first-order valence-electron chi connectivity index (χ1n) is 6.63. The summed E-state index contributed by atoms with van der Waals surface area (Å²) in [5.74, 6) is 3.60. The molecule has 0 radical (unpaired) electrons. The highest BCUT2D eigenvalue weighted by Gasteiger charge is 2.14. The summed E-state index contributed by atoms with van der Waals surface area (Å²) in [4.78, 5) is 0. The Kier molecular flexibility index (Phi) is 4.93. The second kappa shape index (κ2) is 6.46. The van der Waals surface area contributed by atoms with Gasteiger partial charge in [-0.15, -0.1) is 0 Å². The van der Waals surface area contributed by atoms with Crippen molar-refractivity contribution in [2.24, 2.45) is 5.92 Å². The third-order valence-corrected chi connectivity index (χ3v) is 4.68. The van der Waals surface area contributed by atoms with Crippen LogP contribution < -0.4 is 5.32 Å². The van der Waals surface area contributed by atoms with E-state index in [0.717, 1.165) is 5.92 Å². The van der Waals surface area contributed by atoms with E-state index in [1.54, 1.807) is 0 Å². The standard InChI is InChI=1S/C15H23NS/c1-12-3-5-15(6-4-12)13(2)16-11-14-7-9-17-10-8-14/h3-6,13-14,16H,7-11H2,1-2H3. The van der Waals surface area contributed by atoms with Crippen LogP contribution in [0, 0.1) is 12.8 Å². The number of aryl methyl sites for hydroxylation is 1. The van der Waals surface area contributed by atoms with E-state index in [-0.39, 0.29) is 0 Å². The third kappa shape index (κ3) is 4.04. The number of benzene rings is 1. The van der Waals surface area contributed by atoms with Crippen molar-refractivity contribution < 1.29 is 0 Å². The van der Waals surface area contributed by atoms with E-state index in [4.69, 9.17) is 0 Å². The lowest BCUT2D eigenvalue weighted by atomic mass is 10.0. The first-order valence-corrected chi connectivity index (χ1v) is 7.79. The lowest BCUT2D eigenvalue weighted by Crippen LogP contribution is -2.27. The van der Waals surface area contributed by atoms with E-state index in [9.17, 15) is 0 Å². The monoisotopic (exact) mass is 249 g/mol. The van der Waals surface area contributed by atoms with Crippen LogP contribution in [-0.4, -0.2) is 18.1 Å². The Hall–Kier alpha value is -0.470. The maximum atomic E-state index is 3.68. The summed E-state index contributed by atoms with van der Waals surface area (Å²) >= 11 is 2.10.